The zero-order valence-corrected chi connectivity index (χ0v) is 15.1. The molecule has 25 heavy (non-hydrogen) atoms. The van der Waals surface area contributed by atoms with Gasteiger partial charge in [-0.3, -0.25) is 9.78 Å². The maximum atomic E-state index is 14.0. The molecule has 1 fully saturated rings. The van der Waals surface area contributed by atoms with E-state index >= 15 is 0 Å². The number of hydrogen-bond donors (Lipinski definition) is 4. The fourth-order valence-electron chi connectivity index (χ4n) is 2.49. The SMILES string of the molecule is NCC1(O)CN(C(=O)c2cnc(=O)[nH]c2Nc2ccc(I)cc2F)C1. The Kier molecular flexibility index (Phi) is 4.75. The minimum absolute atomic E-state index is 0.0355. The van der Waals surface area contributed by atoms with E-state index in [2.05, 4.69) is 15.3 Å². The number of aromatic nitrogens is 2. The summed E-state index contributed by atoms with van der Waals surface area (Å²) in [4.78, 5) is 31.4. The number of nitrogens with one attached hydrogen (secondary N) is 2. The molecular formula is C15H15FIN5O3. The van der Waals surface area contributed by atoms with E-state index in [9.17, 15) is 19.1 Å². The maximum Gasteiger partial charge on any atom is 0.346 e. The fourth-order valence-corrected chi connectivity index (χ4v) is 2.94. The van der Waals surface area contributed by atoms with Gasteiger partial charge in [0.2, 0.25) is 0 Å². The maximum absolute atomic E-state index is 14.0. The van der Waals surface area contributed by atoms with Gasteiger partial charge in [0.15, 0.2) is 0 Å². The number of likely N-dealkylation sites (tertiary alicyclic amines) is 1. The Morgan fingerprint density at radius 2 is 2.24 bits per heavy atom. The number of nitrogens with zero attached hydrogens (tertiary/aromatic N) is 2. The molecule has 0 spiro atoms. The summed E-state index contributed by atoms with van der Waals surface area (Å²) < 4.78 is 14.7. The number of rotatable bonds is 4. The second kappa shape index (κ2) is 6.69. The normalized spacial score (nSPS) is 15.6. The zero-order chi connectivity index (χ0) is 18.2. The first-order valence-corrected chi connectivity index (χ1v) is 8.42. The summed E-state index contributed by atoms with van der Waals surface area (Å²) in [7, 11) is 0. The molecule has 1 amide bonds. The van der Waals surface area contributed by atoms with E-state index in [0.717, 1.165) is 6.20 Å². The van der Waals surface area contributed by atoms with Gasteiger partial charge in [0.05, 0.1) is 24.3 Å². The van der Waals surface area contributed by atoms with Crippen molar-refractivity contribution in [2.45, 2.75) is 5.60 Å². The summed E-state index contributed by atoms with van der Waals surface area (Å²) in [6, 6.07) is 4.50. The van der Waals surface area contributed by atoms with Crippen LogP contribution in [0.3, 0.4) is 0 Å². The average Bonchev–Trinajstić information content (AvgIpc) is 2.54. The highest BCUT2D eigenvalue weighted by atomic mass is 127. The monoisotopic (exact) mass is 459 g/mol. The molecule has 8 nitrogen and oxygen atoms in total. The Hall–Kier alpha value is -2.05. The van der Waals surface area contributed by atoms with E-state index in [4.69, 9.17) is 5.73 Å². The number of amides is 1. The van der Waals surface area contributed by atoms with E-state index in [-0.39, 0.29) is 36.7 Å². The van der Waals surface area contributed by atoms with Crippen molar-refractivity contribution in [2.75, 3.05) is 25.0 Å². The summed E-state index contributed by atoms with van der Waals surface area (Å²) in [5.41, 5.74) is 3.85. The molecule has 1 saturated heterocycles. The van der Waals surface area contributed by atoms with Crippen LogP contribution in [0, 0.1) is 9.39 Å². The minimum atomic E-state index is -1.10. The first-order chi connectivity index (χ1) is 11.8. The topological polar surface area (TPSA) is 124 Å². The highest BCUT2D eigenvalue weighted by molar-refractivity contribution is 14.1. The van der Waals surface area contributed by atoms with Crippen LogP contribution in [-0.2, 0) is 0 Å². The van der Waals surface area contributed by atoms with Gasteiger partial charge in [-0.2, -0.15) is 0 Å². The molecule has 2 heterocycles. The van der Waals surface area contributed by atoms with Crippen LogP contribution in [0.4, 0.5) is 15.9 Å². The lowest BCUT2D eigenvalue weighted by atomic mass is 9.94. The van der Waals surface area contributed by atoms with Gasteiger partial charge >= 0.3 is 5.69 Å². The van der Waals surface area contributed by atoms with Crippen molar-refractivity contribution in [3.8, 4) is 0 Å². The number of hydrogen-bond acceptors (Lipinski definition) is 6. The predicted octanol–water partition coefficient (Wildman–Crippen LogP) is 0.403. The Morgan fingerprint density at radius 1 is 1.52 bits per heavy atom. The van der Waals surface area contributed by atoms with E-state index in [1.165, 1.54) is 17.0 Å². The lowest BCUT2D eigenvalue weighted by molar-refractivity contribution is -0.0734. The first kappa shape index (κ1) is 17.8. The number of aliphatic hydroxyl groups is 1. The number of anilines is 2. The van der Waals surface area contributed by atoms with Crippen LogP contribution in [0.25, 0.3) is 0 Å². The van der Waals surface area contributed by atoms with Crippen molar-refractivity contribution in [3.63, 3.8) is 0 Å². The summed E-state index contributed by atoms with van der Waals surface area (Å²) in [5.74, 6) is -0.937. The van der Waals surface area contributed by atoms with Gasteiger partial charge in [-0.1, -0.05) is 0 Å². The van der Waals surface area contributed by atoms with Gasteiger partial charge in [0, 0.05) is 16.3 Å². The summed E-state index contributed by atoms with van der Waals surface area (Å²) in [6.07, 6.45) is 1.12. The van der Waals surface area contributed by atoms with Crippen LogP contribution in [0.15, 0.2) is 29.2 Å². The van der Waals surface area contributed by atoms with Gasteiger partial charge in [0.25, 0.3) is 5.91 Å². The Bertz CT molecular complexity index is 882. The number of halogens is 2. The van der Waals surface area contributed by atoms with Crippen LogP contribution >= 0.6 is 22.6 Å². The number of benzene rings is 1. The molecule has 1 aliphatic heterocycles. The molecule has 0 aliphatic carbocycles. The number of carbonyl (C=O) groups is 1. The molecule has 0 atom stereocenters. The standard InChI is InChI=1S/C15H15FIN5O3/c16-10-3-8(17)1-2-11(10)20-12-9(4-19-14(24)21-12)13(23)22-6-15(25,5-18)7-22/h1-4,25H,5-7,18H2,(H2,19,20,21,24). The smallest absolute Gasteiger partial charge is 0.346 e. The molecule has 2 aromatic rings. The first-order valence-electron chi connectivity index (χ1n) is 7.34. The largest absolute Gasteiger partial charge is 0.385 e. The third-order valence-corrected chi connectivity index (χ3v) is 4.54. The molecule has 0 radical (unpaired) electrons. The number of H-pyrrole nitrogens is 1. The van der Waals surface area contributed by atoms with E-state index in [1.807, 2.05) is 22.6 Å². The molecule has 1 aromatic heterocycles. The van der Waals surface area contributed by atoms with Crippen molar-refractivity contribution in [2.24, 2.45) is 5.73 Å². The number of β-amino-alcohol motifs (C(OH)–C–C–N with tert-alkyl or cyclic N) is 1. The minimum Gasteiger partial charge on any atom is -0.385 e. The van der Waals surface area contributed by atoms with Gasteiger partial charge in [-0.05, 0) is 40.8 Å². The number of aromatic amines is 1. The Labute approximate surface area is 155 Å². The van der Waals surface area contributed by atoms with Crippen molar-refractivity contribution in [1.82, 2.24) is 14.9 Å². The summed E-state index contributed by atoms with van der Waals surface area (Å²) in [6.45, 7) is 0.206. The van der Waals surface area contributed by atoms with E-state index in [1.54, 1.807) is 6.07 Å². The second-order valence-corrected chi connectivity index (χ2v) is 7.06. The molecule has 10 heteroatoms. The van der Waals surface area contributed by atoms with E-state index < -0.39 is 23.0 Å². The van der Waals surface area contributed by atoms with Crippen molar-refractivity contribution in [3.05, 3.63) is 49.8 Å². The molecule has 1 aliphatic rings. The molecule has 0 bridgehead atoms. The van der Waals surface area contributed by atoms with Gasteiger partial charge in [0.1, 0.15) is 17.2 Å². The van der Waals surface area contributed by atoms with Crippen LogP contribution in [0.1, 0.15) is 10.4 Å². The molecule has 0 saturated carbocycles. The van der Waals surface area contributed by atoms with Gasteiger partial charge in [-0.25, -0.2) is 14.2 Å². The van der Waals surface area contributed by atoms with Crippen LogP contribution < -0.4 is 16.7 Å². The van der Waals surface area contributed by atoms with Crippen LogP contribution in [-0.4, -0.2) is 51.1 Å². The Balaban J connectivity index is 1.88. The molecule has 0 unspecified atom stereocenters. The van der Waals surface area contributed by atoms with Crippen molar-refractivity contribution in [1.29, 1.82) is 0 Å². The zero-order valence-electron chi connectivity index (χ0n) is 12.9. The highest BCUT2D eigenvalue weighted by Crippen LogP contribution is 2.26. The van der Waals surface area contributed by atoms with Gasteiger partial charge < -0.3 is 21.1 Å². The predicted molar refractivity (Wildman–Crippen MR) is 97.2 cm³/mol. The molecular weight excluding hydrogens is 444 g/mol. The van der Waals surface area contributed by atoms with Crippen LogP contribution in [0.2, 0.25) is 0 Å². The van der Waals surface area contributed by atoms with Crippen LogP contribution in [0.5, 0.6) is 0 Å². The van der Waals surface area contributed by atoms with Crippen molar-refractivity contribution < 1.29 is 14.3 Å². The molecule has 5 N–H and O–H groups in total. The fraction of sp³-hybridized carbons (Fsp3) is 0.267. The summed E-state index contributed by atoms with van der Waals surface area (Å²) >= 11 is 1.97. The quantitative estimate of drug-likeness (QED) is 0.491. The molecule has 1 aromatic carbocycles. The molecule has 132 valence electrons. The Morgan fingerprint density at radius 3 is 2.88 bits per heavy atom. The van der Waals surface area contributed by atoms with E-state index in [0.29, 0.717) is 3.57 Å². The van der Waals surface area contributed by atoms with Gasteiger partial charge in [-0.15, -0.1) is 0 Å². The summed E-state index contributed by atoms with van der Waals surface area (Å²) in [5, 5.41) is 12.7. The van der Waals surface area contributed by atoms with Crippen molar-refractivity contribution >= 4 is 40.0 Å². The highest BCUT2D eigenvalue weighted by Gasteiger charge is 2.43. The lowest BCUT2D eigenvalue weighted by Gasteiger charge is -2.45. The second-order valence-electron chi connectivity index (χ2n) is 5.82. The number of carbonyl (C=O) groups excluding carboxylic acids is 1. The lowest BCUT2D eigenvalue weighted by Crippen LogP contribution is -2.66. The molecule has 3 rings (SSSR count). The third kappa shape index (κ3) is 3.65. The number of nitrogens with two attached hydrogens (primary N) is 1. The average molecular weight is 459 g/mol. The third-order valence-electron chi connectivity index (χ3n) is 3.87.